The van der Waals surface area contributed by atoms with Crippen LogP contribution in [0, 0.1) is 0 Å². The molecule has 0 saturated carbocycles. The van der Waals surface area contributed by atoms with Crippen molar-refractivity contribution in [3.8, 4) is 0 Å². The Morgan fingerprint density at radius 2 is 2.05 bits per heavy atom. The van der Waals surface area contributed by atoms with E-state index in [-0.39, 0.29) is 5.75 Å². The summed E-state index contributed by atoms with van der Waals surface area (Å²) in [6.45, 7) is 3.69. The lowest BCUT2D eigenvalue weighted by Gasteiger charge is -2.04. The summed E-state index contributed by atoms with van der Waals surface area (Å²) in [7, 11) is 0. The fourth-order valence-electron chi connectivity index (χ4n) is 1.30. The Bertz CT molecular complexity index is 456. The summed E-state index contributed by atoms with van der Waals surface area (Å²) in [4.78, 5) is 20.8. The second kappa shape index (κ2) is 9.40. The smallest absolute Gasteiger partial charge is 0.429 e. The van der Waals surface area contributed by atoms with Gasteiger partial charge in [-0.1, -0.05) is 6.92 Å². The molecule has 21 heavy (non-hydrogen) atoms. The van der Waals surface area contributed by atoms with Crippen LogP contribution in [0.1, 0.15) is 24.7 Å². The fourth-order valence-corrected chi connectivity index (χ4v) is 1.81. The molecule has 1 aliphatic heterocycles. The van der Waals surface area contributed by atoms with Gasteiger partial charge in [0.15, 0.2) is 5.76 Å². The summed E-state index contributed by atoms with van der Waals surface area (Å²) in [6, 6.07) is 3.38. The molecule has 118 valence electrons. The minimum absolute atomic E-state index is 0.214. The Morgan fingerprint density at radius 3 is 2.62 bits per heavy atom. The minimum atomic E-state index is -1.63. The molecule has 1 aromatic heterocycles. The summed E-state index contributed by atoms with van der Waals surface area (Å²) in [5.74, 6) is -1.66. The maximum absolute atomic E-state index is 10.6. The summed E-state index contributed by atoms with van der Waals surface area (Å²) < 4.78 is 20.3. The molecule has 1 saturated heterocycles. The van der Waals surface area contributed by atoms with Crippen molar-refractivity contribution in [2.45, 2.75) is 19.0 Å². The number of rotatable bonds is 4. The van der Waals surface area contributed by atoms with Crippen LogP contribution in [0.2, 0.25) is 0 Å². The van der Waals surface area contributed by atoms with E-state index in [4.69, 9.17) is 24.7 Å². The third kappa shape index (κ3) is 6.17. The second-order valence-corrected chi connectivity index (χ2v) is 4.42. The van der Waals surface area contributed by atoms with Crippen LogP contribution in [0.15, 0.2) is 16.5 Å². The van der Waals surface area contributed by atoms with Crippen molar-refractivity contribution in [3.63, 3.8) is 0 Å². The lowest BCUT2D eigenvalue weighted by molar-refractivity contribution is -0.157. The largest absolute Gasteiger partial charge is 0.473 e. The lowest BCUT2D eigenvalue weighted by atomic mass is 10.4. The highest BCUT2D eigenvalue weighted by Gasteiger charge is 2.22. The normalized spacial score (nSPS) is 14.4. The zero-order chi connectivity index (χ0) is 15.7. The van der Waals surface area contributed by atoms with Crippen molar-refractivity contribution in [3.05, 3.63) is 23.7 Å². The Kier molecular flexibility index (Phi) is 7.83. The van der Waals surface area contributed by atoms with Gasteiger partial charge in [0.2, 0.25) is 6.29 Å². The highest BCUT2D eigenvalue weighted by atomic mass is 32.2. The first-order valence-electron chi connectivity index (χ1n) is 6.17. The number of nitrogens with two attached hydrogens (primary N) is 1. The number of furan rings is 1. The third-order valence-electron chi connectivity index (χ3n) is 2.05. The van der Waals surface area contributed by atoms with E-state index in [1.165, 1.54) is 0 Å². The minimum Gasteiger partial charge on any atom is -0.473 e. The molecule has 0 radical (unpaired) electrons. The molecule has 1 fully saturated rings. The van der Waals surface area contributed by atoms with E-state index in [2.05, 4.69) is 4.18 Å². The zero-order valence-electron chi connectivity index (χ0n) is 11.4. The fraction of sp³-hybridized carbons (Fsp3) is 0.500. The molecule has 0 bridgehead atoms. The Labute approximate surface area is 125 Å². The maximum Gasteiger partial charge on any atom is 0.429 e. The Morgan fingerprint density at radius 1 is 1.43 bits per heavy atom. The number of carbonyl (C=O) groups is 2. The van der Waals surface area contributed by atoms with Gasteiger partial charge in [0.25, 0.3) is 0 Å². The number of carbonyl (C=O) groups excluding carboxylic acids is 1. The number of carboxylic acids is 1. The summed E-state index contributed by atoms with van der Waals surface area (Å²) in [6.07, 6.45) is -0.495. The number of aliphatic carboxylic acids is 1. The molecule has 0 aromatic carbocycles. The van der Waals surface area contributed by atoms with Gasteiger partial charge in [0.05, 0.1) is 31.0 Å². The van der Waals surface area contributed by atoms with Gasteiger partial charge in [0.1, 0.15) is 5.76 Å². The molecule has 9 heteroatoms. The molecule has 2 heterocycles. The summed E-state index contributed by atoms with van der Waals surface area (Å²) >= 11 is 0.693. The van der Waals surface area contributed by atoms with Crippen molar-refractivity contribution in [1.29, 1.82) is 0 Å². The first-order valence-corrected chi connectivity index (χ1v) is 7.08. The number of hydrogen-bond donors (Lipinski definition) is 2. The van der Waals surface area contributed by atoms with Crippen molar-refractivity contribution >= 4 is 24.0 Å². The average molecular weight is 319 g/mol. The van der Waals surface area contributed by atoms with E-state index >= 15 is 0 Å². The molecule has 0 amide bonds. The van der Waals surface area contributed by atoms with Gasteiger partial charge >= 0.3 is 11.9 Å². The van der Waals surface area contributed by atoms with E-state index in [0.29, 0.717) is 36.8 Å². The average Bonchev–Trinajstić information content (AvgIpc) is 3.10. The first kappa shape index (κ1) is 17.5. The number of carboxylic acid groups (broad SMARTS) is 1. The van der Waals surface area contributed by atoms with Gasteiger partial charge in [-0.25, -0.2) is 9.59 Å². The van der Waals surface area contributed by atoms with Crippen molar-refractivity contribution in [2.24, 2.45) is 5.73 Å². The monoisotopic (exact) mass is 319 g/mol. The van der Waals surface area contributed by atoms with Crippen LogP contribution in [0.5, 0.6) is 0 Å². The van der Waals surface area contributed by atoms with E-state index in [1.807, 2.05) is 6.92 Å². The van der Waals surface area contributed by atoms with E-state index in [0.717, 1.165) is 6.54 Å². The van der Waals surface area contributed by atoms with Gasteiger partial charge in [-0.15, -0.1) is 0 Å². The molecule has 1 aliphatic rings. The Hall–Kier alpha value is -1.55. The van der Waals surface area contributed by atoms with Gasteiger partial charge < -0.3 is 28.9 Å². The molecule has 0 aliphatic carbocycles. The van der Waals surface area contributed by atoms with Crippen LogP contribution in [0.4, 0.5) is 0 Å². The quantitative estimate of drug-likeness (QED) is 0.619. The second-order valence-electron chi connectivity index (χ2n) is 3.72. The molecule has 1 aromatic rings. The highest BCUT2D eigenvalue weighted by molar-refractivity contribution is 7.94. The van der Waals surface area contributed by atoms with Crippen LogP contribution in [0.3, 0.4) is 0 Å². The van der Waals surface area contributed by atoms with Crippen molar-refractivity contribution in [2.75, 3.05) is 19.8 Å². The maximum atomic E-state index is 10.6. The molecule has 0 spiro atoms. The SMILES string of the molecule is CCN.O=C(O)C(=O)OSCc1ccc(C2OCCO2)o1. The highest BCUT2D eigenvalue weighted by Crippen LogP contribution is 2.26. The van der Waals surface area contributed by atoms with Gasteiger partial charge in [-0.05, 0) is 18.7 Å². The first-order chi connectivity index (χ1) is 10.1. The lowest BCUT2D eigenvalue weighted by Crippen LogP contribution is -2.12. The summed E-state index contributed by atoms with van der Waals surface area (Å²) in [5.41, 5.74) is 4.85. The number of ether oxygens (including phenoxy) is 2. The van der Waals surface area contributed by atoms with Crippen LogP contribution in [0.25, 0.3) is 0 Å². The van der Waals surface area contributed by atoms with E-state index in [9.17, 15) is 9.59 Å². The predicted octanol–water partition coefficient (Wildman–Crippen LogP) is 1.07. The van der Waals surface area contributed by atoms with Crippen molar-refractivity contribution < 1.29 is 32.8 Å². The van der Waals surface area contributed by atoms with Gasteiger partial charge in [-0.3, -0.25) is 0 Å². The zero-order valence-corrected chi connectivity index (χ0v) is 12.3. The van der Waals surface area contributed by atoms with Crippen molar-refractivity contribution in [1.82, 2.24) is 0 Å². The van der Waals surface area contributed by atoms with Gasteiger partial charge in [-0.2, -0.15) is 0 Å². The molecular formula is C12H17NO7S. The van der Waals surface area contributed by atoms with E-state index < -0.39 is 18.2 Å². The molecule has 8 nitrogen and oxygen atoms in total. The Balaban J connectivity index is 0.000000677. The van der Waals surface area contributed by atoms with E-state index in [1.54, 1.807) is 12.1 Å². The van der Waals surface area contributed by atoms with Crippen LogP contribution in [-0.2, 0) is 29.0 Å². The predicted molar refractivity (Wildman–Crippen MR) is 73.1 cm³/mol. The third-order valence-corrected chi connectivity index (χ3v) is 2.72. The molecule has 2 rings (SSSR count). The molecular weight excluding hydrogens is 302 g/mol. The van der Waals surface area contributed by atoms with Crippen LogP contribution >= 0.6 is 12.0 Å². The number of hydrogen-bond acceptors (Lipinski definition) is 8. The van der Waals surface area contributed by atoms with Crippen LogP contribution in [-0.4, -0.2) is 36.8 Å². The standard InChI is InChI=1S/C10H10O7S.C2H7N/c11-8(12)9(13)17-18-5-6-1-2-7(16-6)10-14-3-4-15-10;1-2-3/h1-2,10H,3-5H2,(H,11,12);2-3H2,1H3. The van der Waals surface area contributed by atoms with Gasteiger partial charge in [0, 0.05) is 0 Å². The van der Waals surface area contributed by atoms with Crippen LogP contribution < -0.4 is 5.73 Å². The molecule has 0 atom stereocenters. The molecule has 3 N–H and O–H groups in total. The topological polar surface area (TPSA) is 121 Å². The summed E-state index contributed by atoms with van der Waals surface area (Å²) in [5, 5.41) is 8.28. The molecule has 0 unspecified atom stereocenters.